The Morgan fingerprint density at radius 3 is 2.72 bits per heavy atom. The van der Waals surface area contributed by atoms with Crippen LogP contribution in [0, 0.1) is 40.4 Å². The molecule has 6 rings (SSSR count). The first kappa shape index (κ1) is 24.8. The van der Waals surface area contributed by atoms with Crippen molar-refractivity contribution >= 4 is 28.4 Å². The van der Waals surface area contributed by atoms with Gasteiger partial charge in [0.2, 0.25) is 0 Å². The van der Waals surface area contributed by atoms with Crippen molar-refractivity contribution in [2.24, 2.45) is 40.4 Å². The molecule has 0 spiro atoms. The lowest BCUT2D eigenvalue weighted by Gasteiger charge is -2.62. The summed E-state index contributed by atoms with van der Waals surface area (Å²) in [6.07, 6.45) is 9.62. The second-order valence-corrected chi connectivity index (χ2v) is 13.4. The zero-order chi connectivity index (χ0) is 25.3. The molecule has 8 unspecified atom stereocenters. The molecule has 6 nitrogen and oxygen atoms in total. The van der Waals surface area contributed by atoms with E-state index in [1.807, 2.05) is 32.2 Å². The number of methoxy groups -OCH3 is 1. The van der Waals surface area contributed by atoms with Gasteiger partial charge in [0.15, 0.2) is 5.78 Å². The molecule has 4 saturated carbocycles. The van der Waals surface area contributed by atoms with Gasteiger partial charge in [-0.15, -0.1) is 0 Å². The number of hydrogen-bond donors (Lipinski definition) is 1. The quantitative estimate of drug-likeness (QED) is 0.555. The van der Waals surface area contributed by atoms with Crippen LogP contribution in [0.25, 0.3) is 11.0 Å². The highest BCUT2D eigenvalue weighted by Gasteiger charge is 2.63. The maximum atomic E-state index is 13.7. The normalized spacial score (nSPS) is 42.1. The number of carbonyl (C=O) groups is 1. The summed E-state index contributed by atoms with van der Waals surface area (Å²) >= 11 is 6.29. The fraction of sp³-hybridized carbons (Fsp3) is 0.759. The van der Waals surface area contributed by atoms with E-state index < -0.39 is 5.60 Å². The van der Waals surface area contributed by atoms with Crippen molar-refractivity contribution in [2.75, 3.05) is 13.7 Å². The van der Waals surface area contributed by atoms with Gasteiger partial charge in [-0.1, -0.05) is 24.6 Å². The highest BCUT2D eigenvalue weighted by molar-refractivity contribution is 6.34. The van der Waals surface area contributed by atoms with Gasteiger partial charge in [0, 0.05) is 13.0 Å². The van der Waals surface area contributed by atoms with Gasteiger partial charge in [0.1, 0.15) is 17.6 Å². The lowest BCUT2D eigenvalue weighted by molar-refractivity contribution is -0.175. The molecule has 0 aliphatic heterocycles. The minimum absolute atomic E-state index is 0.0454. The predicted molar refractivity (Wildman–Crippen MR) is 140 cm³/mol. The largest absolute Gasteiger partial charge is 0.390 e. The van der Waals surface area contributed by atoms with Gasteiger partial charge in [0.25, 0.3) is 0 Å². The molecule has 1 heterocycles. The first-order valence-corrected chi connectivity index (χ1v) is 14.3. The highest BCUT2D eigenvalue weighted by Crippen LogP contribution is 2.68. The van der Waals surface area contributed by atoms with Crippen molar-refractivity contribution < 1.29 is 14.6 Å². The van der Waals surface area contributed by atoms with Crippen LogP contribution < -0.4 is 0 Å². The molecule has 4 aliphatic rings. The Hall–Kier alpha value is -1.50. The highest BCUT2D eigenvalue weighted by atomic mass is 35.5. The second kappa shape index (κ2) is 8.78. The Kier molecular flexibility index (Phi) is 6.05. The molecule has 8 atom stereocenters. The molecule has 4 fully saturated rings. The van der Waals surface area contributed by atoms with Crippen molar-refractivity contribution in [3.63, 3.8) is 0 Å². The first-order valence-electron chi connectivity index (χ1n) is 13.9. The van der Waals surface area contributed by atoms with Crippen LogP contribution in [0.3, 0.4) is 0 Å². The summed E-state index contributed by atoms with van der Waals surface area (Å²) in [6.45, 7) is 5.44. The molecule has 36 heavy (non-hydrogen) atoms. The molecule has 7 heteroatoms. The lowest BCUT2D eigenvalue weighted by atomic mass is 9.43. The third kappa shape index (κ3) is 3.77. The third-order valence-electron chi connectivity index (χ3n) is 11.2. The summed E-state index contributed by atoms with van der Waals surface area (Å²) in [5.41, 5.74) is 1.08. The number of fused-ring (bicyclic) bond motifs is 6. The molecule has 0 radical (unpaired) electrons. The molecular weight excluding hydrogens is 474 g/mol. The number of carbonyl (C=O) groups excluding carboxylic acids is 1. The van der Waals surface area contributed by atoms with Gasteiger partial charge in [-0.05, 0) is 111 Å². The van der Waals surface area contributed by atoms with E-state index >= 15 is 0 Å². The van der Waals surface area contributed by atoms with Crippen LogP contribution in [-0.4, -0.2) is 45.2 Å². The van der Waals surface area contributed by atoms with E-state index in [2.05, 4.69) is 17.1 Å². The van der Waals surface area contributed by atoms with E-state index in [1.165, 1.54) is 19.3 Å². The molecule has 1 N–H and O–H groups in total. The number of aliphatic hydroxyl groups is 1. The molecule has 2 aromatic rings. The Morgan fingerprint density at radius 1 is 1.11 bits per heavy atom. The Balaban J connectivity index is 1.23. The summed E-state index contributed by atoms with van der Waals surface area (Å²) in [7, 11) is 1.85. The van der Waals surface area contributed by atoms with Gasteiger partial charge in [-0.2, -0.15) is 15.0 Å². The zero-order valence-electron chi connectivity index (χ0n) is 21.9. The summed E-state index contributed by atoms with van der Waals surface area (Å²) in [5.74, 6) is 2.75. The monoisotopic (exact) mass is 513 g/mol. The van der Waals surface area contributed by atoms with Crippen molar-refractivity contribution in [2.45, 2.75) is 83.8 Å². The van der Waals surface area contributed by atoms with Crippen LogP contribution in [0.4, 0.5) is 0 Å². The average molecular weight is 514 g/mol. The van der Waals surface area contributed by atoms with Crippen LogP contribution in [0.5, 0.6) is 0 Å². The number of halogens is 1. The second-order valence-electron chi connectivity index (χ2n) is 13.0. The summed E-state index contributed by atoms with van der Waals surface area (Å²) in [5, 5.41) is 20.5. The number of Topliss-reactive ketones (excluding diaryl/α,β-unsaturated/α-hetero) is 1. The van der Waals surface area contributed by atoms with Crippen LogP contribution >= 0.6 is 11.6 Å². The number of nitrogens with zero attached hydrogens (tertiary/aromatic N) is 3. The Labute approximate surface area is 219 Å². The molecular formula is C29H40ClN3O3. The smallest absolute Gasteiger partial charge is 0.159 e. The van der Waals surface area contributed by atoms with Crippen molar-refractivity contribution in [3.05, 3.63) is 23.2 Å². The van der Waals surface area contributed by atoms with Crippen LogP contribution in [0.1, 0.15) is 71.6 Å². The fourth-order valence-corrected chi connectivity index (χ4v) is 9.79. The molecule has 1 aromatic heterocycles. The molecule has 4 aliphatic carbocycles. The number of aromatic nitrogens is 3. The van der Waals surface area contributed by atoms with Crippen LogP contribution in [0.15, 0.2) is 18.2 Å². The van der Waals surface area contributed by atoms with E-state index in [4.69, 9.17) is 16.3 Å². The molecule has 0 saturated heterocycles. The summed E-state index contributed by atoms with van der Waals surface area (Å²) < 4.78 is 5.89. The SMILES string of the molecule is COCC12CCC(C)(O)CC1CCC1C3CCC(C(=O)Cn4nc5cccc(Cl)c5n4)C3(C)CCC12. The molecule has 1 aromatic carbocycles. The van der Waals surface area contributed by atoms with Gasteiger partial charge in [-0.25, -0.2) is 0 Å². The van der Waals surface area contributed by atoms with Crippen molar-refractivity contribution in [3.8, 4) is 0 Å². The summed E-state index contributed by atoms with van der Waals surface area (Å²) in [6, 6.07) is 5.56. The predicted octanol–water partition coefficient (Wildman–Crippen LogP) is 5.69. The van der Waals surface area contributed by atoms with Crippen molar-refractivity contribution in [1.29, 1.82) is 0 Å². The Bertz CT molecular complexity index is 1160. The maximum Gasteiger partial charge on any atom is 0.159 e. The fourth-order valence-electron chi connectivity index (χ4n) is 9.58. The van der Waals surface area contributed by atoms with E-state index in [-0.39, 0.29) is 29.1 Å². The van der Waals surface area contributed by atoms with E-state index in [9.17, 15) is 9.90 Å². The minimum Gasteiger partial charge on any atom is -0.390 e. The number of benzene rings is 1. The van der Waals surface area contributed by atoms with Crippen LogP contribution in [-0.2, 0) is 16.1 Å². The number of hydrogen-bond acceptors (Lipinski definition) is 5. The van der Waals surface area contributed by atoms with E-state index in [0.29, 0.717) is 34.2 Å². The number of rotatable bonds is 5. The standard InChI is InChI=1S/C29H40ClN3O3/c1-27(35)13-14-29(17-36-3)18(15-27)7-8-19-20-9-10-22(28(20,2)12-11-21(19)29)25(34)16-33-31-24-6-4-5-23(30)26(24)32-33/h4-6,18-22,35H,7-17H2,1-3H3. The molecule has 0 amide bonds. The molecule has 0 bridgehead atoms. The number of ketones is 1. The lowest BCUT2D eigenvalue weighted by Crippen LogP contribution is -2.58. The van der Waals surface area contributed by atoms with Crippen molar-refractivity contribution in [1.82, 2.24) is 15.0 Å². The maximum absolute atomic E-state index is 13.7. The first-order chi connectivity index (χ1) is 17.2. The molecule has 196 valence electrons. The Morgan fingerprint density at radius 2 is 1.94 bits per heavy atom. The van der Waals surface area contributed by atoms with Crippen LogP contribution in [0.2, 0.25) is 5.02 Å². The van der Waals surface area contributed by atoms with E-state index in [0.717, 1.165) is 50.6 Å². The minimum atomic E-state index is -0.543. The van der Waals surface area contributed by atoms with Gasteiger partial charge >= 0.3 is 0 Å². The van der Waals surface area contributed by atoms with Gasteiger partial charge in [-0.3, -0.25) is 4.79 Å². The summed E-state index contributed by atoms with van der Waals surface area (Å²) in [4.78, 5) is 15.2. The van der Waals surface area contributed by atoms with E-state index in [1.54, 1.807) is 4.80 Å². The third-order valence-corrected chi connectivity index (χ3v) is 11.5. The number of ether oxygens (including phenoxy) is 1. The van der Waals surface area contributed by atoms with Gasteiger partial charge in [0.05, 0.1) is 17.2 Å². The average Bonchev–Trinajstić information content (AvgIpc) is 3.40. The van der Waals surface area contributed by atoms with Gasteiger partial charge < -0.3 is 9.84 Å². The zero-order valence-corrected chi connectivity index (χ0v) is 22.6. The topological polar surface area (TPSA) is 77.2 Å².